The molecule has 1 rings (SSSR count). The van der Waals surface area contributed by atoms with E-state index in [0.717, 1.165) is 37.4 Å². The lowest BCUT2D eigenvalue weighted by atomic mass is 10.3. The van der Waals surface area contributed by atoms with Gasteiger partial charge in [-0.2, -0.15) is 4.99 Å². The Bertz CT molecular complexity index is 349. The fourth-order valence-corrected chi connectivity index (χ4v) is 1.67. The highest BCUT2D eigenvalue weighted by atomic mass is 32.1. The van der Waals surface area contributed by atoms with E-state index in [1.54, 1.807) is 6.20 Å². The van der Waals surface area contributed by atoms with Crippen LogP contribution in [-0.2, 0) is 0 Å². The molecule has 0 N–H and O–H groups in total. The van der Waals surface area contributed by atoms with Crippen LogP contribution >= 0.6 is 12.2 Å². The predicted molar refractivity (Wildman–Crippen MR) is 71.7 cm³/mol. The monoisotopic (exact) mass is 235 g/mol. The van der Waals surface area contributed by atoms with E-state index in [1.165, 1.54) is 0 Å². The molecular weight excluding hydrogens is 218 g/mol. The molecule has 0 bridgehead atoms. The summed E-state index contributed by atoms with van der Waals surface area (Å²) in [5.41, 5.74) is 0.756. The molecule has 0 aliphatic rings. The Hall–Kier alpha value is -1.25. The van der Waals surface area contributed by atoms with Crippen molar-refractivity contribution in [3.05, 3.63) is 18.3 Å². The van der Waals surface area contributed by atoms with E-state index in [1.807, 2.05) is 12.1 Å². The van der Waals surface area contributed by atoms with E-state index in [2.05, 4.69) is 46.1 Å². The maximum absolute atomic E-state index is 4.55. The van der Waals surface area contributed by atoms with Crippen molar-refractivity contribution in [1.82, 2.24) is 4.98 Å². The molecule has 16 heavy (non-hydrogen) atoms. The molecule has 0 aromatic carbocycles. The molecule has 4 heteroatoms. The standard InChI is InChI=1S/C12H17N3S/c1-3-7-15(8-4-2)12-6-5-11(9-13-12)14-10-16/h5-6,9H,3-4,7-8H2,1-2H3. The minimum atomic E-state index is 0.756. The molecule has 1 heterocycles. The molecule has 3 nitrogen and oxygen atoms in total. The second kappa shape index (κ2) is 7.09. The van der Waals surface area contributed by atoms with Crippen molar-refractivity contribution in [2.24, 2.45) is 4.99 Å². The second-order valence-corrected chi connectivity index (χ2v) is 3.75. The van der Waals surface area contributed by atoms with Crippen molar-refractivity contribution in [2.45, 2.75) is 26.7 Å². The van der Waals surface area contributed by atoms with Crippen molar-refractivity contribution in [3.63, 3.8) is 0 Å². The highest BCUT2D eigenvalue weighted by Crippen LogP contribution is 2.16. The Morgan fingerprint density at radius 3 is 2.44 bits per heavy atom. The molecule has 0 amide bonds. The van der Waals surface area contributed by atoms with Crippen LogP contribution in [0.1, 0.15) is 26.7 Å². The van der Waals surface area contributed by atoms with Crippen LogP contribution in [0.25, 0.3) is 0 Å². The maximum atomic E-state index is 4.55. The average molecular weight is 235 g/mol. The van der Waals surface area contributed by atoms with Gasteiger partial charge in [0.05, 0.1) is 17.0 Å². The van der Waals surface area contributed by atoms with Crippen LogP contribution in [0.3, 0.4) is 0 Å². The molecule has 0 saturated carbocycles. The highest BCUT2D eigenvalue weighted by Gasteiger charge is 2.04. The molecule has 0 aliphatic carbocycles. The summed E-state index contributed by atoms with van der Waals surface area (Å²) in [5, 5.41) is 2.34. The van der Waals surface area contributed by atoms with Crippen LogP contribution in [-0.4, -0.2) is 23.2 Å². The summed E-state index contributed by atoms with van der Waals surface area (Å²) in [6.07, 6.45) is 3.98. The zero-order valence-electron chi connectivity index (χ0n) is 9.81. The van der Waals surface area contributed by atoms with Gasteiger partial charge in [0.15, 0.2) is 0 Å². The minimum absolute atomic E-state index is 0.756. The van der Waals surface area contributed by atoms with E-state index in [4.69, 9.17) is 0 Å². The molecule has 0 radical (unpaired) electrons. The van der Waals surface area contributed by atoms with Crippen LogP contribution in [0, 0.1) is 0 Å². The van der Waals surface area contributed by atoms with E-state index in [0.29, 0.717) is 0 Å². The number of pyridine rings is 1. The maximum Gasteiger partial charge on any atom is 0.128 e. The lowest BCUT2D eigenvalue weighted by Gasteiger charge is -2.22. The molecule has 86 valence electrons. The molecule has 1 aromatic heterocycles. The van der Waals surface area contributed by atoms with Gasteiger partial charge in [-0.1, -0.05) is 13.8 Å². The molecule has 0 unspecified atom stereocenters. The number of rotatable bonds is 6. The van der Waals surface area contributed by atoms with E-state index >= 15 is 0 Å². The summed E-state index contributed by atoms with van der Waals surface area (Å²) in [5.74, 6) is 1.01. The van der Waals surface area contributed by atoms with Gasteiger partial charge >= 0.3 is 0 Å². The molecule has 0 atom stereocenters. The van der Waals surface area contributed by atoms with Crippen molar-refractivity contribution in [3.8, 4) is 0 Å². The quantitative estimate of drug-likeness (QED) is 0.558. The SMILES string of the molecule is CCCN(CCC)c1ccc(N=C=S)cn1. The Kier molecular flexibility index (Phi) is 5.68. The van der Waals surface area contributed by atoms with E-state index in [-0.39, 0.29) is 0 Å². The van der Waals surface area contributed by atoms with E-state index in [9.17, 15) is 0 Å². The average Bonchev–Trinajstić information content (AvgIpc) is 2.30. The first-order valence-corrected chi connectivity index (χ1v) is 6.01. The number of aliphatic imine (C=N–C) groups is 1. The zero-order valence-corrected chi connectivity index (χ0v) is 10.6. The van der Waals surface area contributed by atoms with Crippen LogP contribution in [0.4, 0.5) is 11.5 Å². The summed E-state index contributed by atoms with van der Waals surface area (Å²) < 4.78 is 0. The van der Waals surface area contributed by atoms with Gasteiger partial charge in [0, 0.05) is 13.1 Å². The van der Waals surface area contributed by atoms with Gasteiger partial charge in [-0.05, 0) is 37.2 Å². The minimum Gasteiger partial charge on any atom is -0.357 e. The third-order valence-electron chi connectivity index (χ3n) is 2.22. The third-order valence-corrected chi connectivity index (χ3v) is 2.31. The van der Waals surface area contributed by atoms with Crippen LogP contribution in [0.2, 0.25) is 0 Å². The molecule has 0 saturated heterocycles. The Balaban J connectivity index is 2.80. The fraction of sp³-hybridized carbons (Fsp3) is 0.500. The van der Waals surface area contributed by atoms with Crippen molar-refractivity contribution in [2.75, 3.05) is 18.0 Å². The lowest BCUT2D eigenvalue weighted by molar-refractivity contribution is 0.734. The first kappa shape index (κ1) is 12.8. The summed E-state index contributed by atoms with van der Waals surface area (Å²) in [6, 6.07) is 3.90. The summed E-state index contributed by atoms with van der Waals surface area (Å²) in [4.78, 5) is 10.5. The second-order valence-electron chi connectivity index (χ2n) is 3.56. The van der Waals surface area contributed by atoms with Crippen LogP contribution in [0.15, 0.2) is 23.3 Å². The van der Waals surface area contributed by atoms with Gasteiger partial charge in [0.2, 0.25) is 0 Å². The van der Waals surface area contributed by atoms with Gasteiger partial charge < -0.3 is 4.90 Å². The lowest BCUT2D eigenvalue weighted by Crippen LogP contribution is -2.25. The normalized spacial score (nSPS) is 9.62. The largest absolute Gasteiger partial charge is 0.357 e. The predicted octanol–water partition coefficient (Wildman–Crippen LogP) is 3.44. The van der Waals surface area contributed by atoms with Gasteiger partial charge in [-0.15, -0.1) is 0 Å². The Morgan fingerprint density at radius 1 is 1.31 bits per heavy atom. The Labute approximate surface area is 102 Å². The number of hydrogen-bond acceptors (Lipinski definition) is 4. The molecular formula is C12H17N3S. The van der Waals surface area contributed by atoms with Gasteiger partial charge in [-0.25, -0.2) is 4.98 Å². The molecule has 1 aromatic rings. The smallest absolute Gasteiger partial charge is 0.128 e. The van der Waals surface area contributed by atoms with Crippen LogP contribution < -0.4 is 4.90 Å². The fourth-order valence-electron chi connectivity index (χ4n) is 1.56. The number of isothiocyanates is 1. The third kappa shape index (κ3) is 3.72. The number of aromatic nitrogens is 1. The molecule has 0 fully saturated rings. The van der Waals surface area contributed by atoms with Gasteiger partial charge in [-0.3, -0.25) is 0 Å². The zero-order chi connectivity index (χ0) is 11.8. The van der Waals surface area contributed by atoms with Gasteiger partial charge in [0.1, 0.15) is 5.82 Å². The molecule has 0 aliphatic heterocycles. The number of thiocarbonyl (C=S) groups is 1. The van der Waals surface area contributed by atoms with E-state index < -0.39 is 0 Å². The summed E-state index contributed by atoms with van der Waals surface area (Å²) in [7, 11) is 0. The van der Waals surface area contributed by atoms with Crippen molar-refractivity contribution >= 4 is 28.9 Å². The molecule has 0 spiro atoms. The number of hydrogen-bond donors (Lipinski definition) is 0. The van der Waals surface area contributed by atoms with Crippen molar-refractivity contribution in [1.29, 1.82) is 0 Å². The van der Waals surface area contributed by atoms with Crippen LogP contribution in [0.5, 0.6) is 0 Å². The Morgan fingerprint density at radius 2 is 2.00 bits per heavy atom. The van der Waals surface area contributed by atoms with Gasteiger partial charge in [0.25, 0.3) is 0 Å². The topological polar surface area (TPSA) is 28.5 Å². The first-order chi connectivity index (χ1) is 7.81. The first-order valence-electron chi connectivity index (χ1n) is 5.60. The number of nitrogens with zero attached hydrogens (tertiary/aromatic N) is 3. The van der Waals surface area contributed by atoms with Crippen molar-refractivity contribution < 1.29 is 0 Å². The highest BCUT2D eigenvalue weighted by molar-refractivity contribution is 7.78. The number of anilines is 1. The summed E-state index contributed by atoms with van der Waals surface area (Å²) >= 11 is 4.55. The summed E-state index contributed by atoms with van der Waals surface area (Å²) in [6.45, 7) is 6.42.